The summed E-state index contributed by atoms with van der Waals surface area (Å²) in [5, 5.41) is 5.02. The van der Waals surface area contributed by atoms with E-state index in [1.165, 1.54) is 5.56 Å². The van der Waals surface area contributed by atoms with Gasteiger partial charge < -0.3 is 14.5 Å². The molecule has 2 aromatic rings. The van der Waals surface area contributed by atoms with Crippen LogP contribution in [-0.4, -0.2) is 57.5 Å². The van der Waals surface area contributed by atoms with E-state index in [0.717, 1.165) is 48.3 Å². The van der Waals surface area contributed by atoms with Crippen molar-refractivity contribution in [3.63, 3.8) is 0 Å². The van der Waals surface area contributed by atoms with Crippen LogP contribution < -0.4 is 4.90 Å². The van der Waals surface area contributed by atoms with Crippen LogP contribution in [0.2, 0.25) is 0 Å². The Hall–Kier alpha value is -2.09. The van der Waals surface area contributed by atoms with Gasteiger partial charge in [-0.15, -0.1) is 0 Å². The average molecular weight is 490 g/mol. The van der Waals surface area contributed by atoms with Crippen LogP contribution in [0.4, 0.5) is 10.6 Å². The summed E-state index contributed by atoms with van der Waals surface area (Å²) >= 11 is 3.80. The quantitative estimate of drug-likeness (QED) is 0.612. The molecule has 0 spiro atoms. The third-order valence-electron chi connectivity index (χ3n) is 6.17. The molecule has 1 amide bonds. The first-order chi connectivity index (χ1) is 14.7. The minimum Gasteiger partial charge on any atom is -0.444 e. The highest BCUT2D eigenvalue weighted by Crippen LogP contribution is 2.37. The molecule has 8 heteroatoms. The number of halogens is 1. The van der Waals surface area contributed by atoms with E-state index in [0.29, 0.717) is 25.0 Å². The second-order valence-electron chi connectivity index (χ2n) is 9.58. The smallest absolute Gasteiger partial charge is 0.410 e. The monoisotopic (exact) mass is 489 g/mol. The number of ether oxygens (including phenoxy) is 1. The number of aromatic nitrogens is 3. The summed E-state index contributed by atoms with van der Waals surface area (Å²) < 4.78 is 8.76. The topological polar surface area (TPSA) is 63.5 Å². The zero-order chi connectivity index (χ0) is 22.2. The van der Waals surface area contributed by atoms with Crippen LogP contribution in [0.3, 0.4) is 0 Å². The molecule has 31 heavy (non-hydrogen) atoms. The third kappa shape index (κ3) is 4.89. The minimum absolute atomic E-state index is 0.219. The van der Waals surface area contributed by atoms with E-state index in [1.54, 1.807) is 0 Å². The molecule has 7 nitrogen and oxygen atoms in total. The predicted octanol–water partition coefficient (Wildman–Crippen LogP) is 4.91. The second-order valence-corrected chi connectivity index (χ2v) is 10.4. The number of hydrogen-bond acceptors (Lipinski definition) is 5. The molecule has 0 radical (unpaired) electrons. The van der Waals surface area contributed by atoms with Crippen LogP contribution in [0, 0.1) is 6.92 Å². The van der Waals surface area contributed by atoms with Gasteiger partial charge in [-0.25, -0.2) is 4.79 Å². The predicted molar refractivity (Wildman–Crippen MR) is 125 cm³/mol. The largest absolute Gasteiger partial charge is 0.444 e. The lowest BCUT2D eigenvalue weighted by Crippen LogP contribution is -2.42. The van der Waals surface area contributed by atoms with E-state index >= 15 is 0 Å². The van der Waals surface area contributed by atoms with Crippen molar-refractivity contribution in [1.29, 1.82) is 0 Å². The van der Waals surface area contributed by atoms with Crippen molar-refractivity contribution in [2.24, 2.45) is 0 Å². The number of carbonyl (C=O) groups is 1. The van der Waals surface area contributed by atoms with Gasteiger partial charge in [0.05, 0.1) is 16.2 Å². The van der Waals surface area contributed by atoms with Gasteiger partial charge in [0.2, 0.25) is 0 Å². The Labute approximate surface area is 192 Å². The lowest BCUT2D eigenvalue weighted by Gasteiger charge is -2.33. The van der Waals surface area contributed by atoms with E-state index in [4.69, 9.17) is 9.84 Å². The average Bonchev–Trinajstić information content (AvgIpc) is 3.33. The number of rotatable bonds is 3. The molecule has 0 aliphatic carbocycles. The second kappa shape index (κ2) is 8.81. The molecule has 2 fully saturated rings. The number of nitrogens with zero attached hydrogens (tertiary/aromatic N) is 5. The summed E-state index contributed by atoms with van der Waals surface area (Å²) in [5.41, 5.74) is 1.98. The number of hydrogen-bond donors (Lipinski definition) is 0. The summed E-state index contributed by atoms with van der Waals surface area (Å²) in [6.45, 7) is 11.2. The fourth-order valence-electron chi connectivity index (χ4n) is 4.50. The van der Waals surface area contributed by atoms with Gasteiger partial charge in [0.25, 0.3) is 0 Å². The summed E-state index contributed by atoms with van der Waals surface area (Å²) in [5.74, 6) is 1.52. The molecule has 4 rings (SSSR count). The molecule has 0 bridgehead atoms. The van der Waals surface area contributed by atoms with Crippen molar-refractivity contribution in [3.05, 3.63) is 40.3 Å². The maximum Gasteiger partial charge on any atom is 0.410 e. The number of amides is 1. The van der Waals surface area contributed by atoms with Gasteiger partial charge in [0.1, 0.15) is 5.60 Å². The van der Waals surface area contributed by atoms with Gasteiger partial charge in [-0.3, -0.25) is 9.67 Å². The highest BCUT2D eigenvalue weighted by molar-refractivity contribution is 9.10. The Bertz CT molecular complexity index is 916. The normalized spacial score (nSPS) is 20.4. The van der Waals surface area contributed by atoms with Gasteiger partial charge in [0, 0.05) is 44.5 Å². The van der Waals surface area contributed by atoms with E-state index in [1.807, 2.05) is 44.1 Å². The number of likely N-dealkylation sites (tertiary alicyclic amines) is 1. The van der Waals surface area contributed by atoms with Crippen molar-refractivity contribution >= 4 is 27.8 Å². The van der Waals surface area contributed by atoms with E-state index < -0.39 is 5.60 Å². The third-order valence-corrected chi connectivity index (χ3v) is 7.09. The molecule has 2 saturated heterocycles. The molecule has 1 unspecified atom stereocenters. The first-order valence-electron chi connectivity index (χ1n) is 11.1. The summed E-state index contributed by atoms with van der Waals surface area (Å²) in [7, 11) is 0. The zero-order valence-corrected chi connectivity index (χ0v) is 20.4. The maximum atomic E-state index is 12.4. The van der Waals surface area contributed by atoms with E-state index in [2.05, 4.69) is 43.5 Å². The number of anilines is 1. The van der Waals surface area contributed by atoms with Crippen molar-refractivity contribution in [2.75, 3.05) is 31.1 Å². The fourth-order valence-corrected chi connectivity index (χ4v) is 5.01. The Kier molecular flexibility index (Phi) is 6.28. The van der Waals surface area contributed by atoms with Crippen LogP contribution in [0.5, 0.6) is 0 Å². The van der Waals surface area contributed by atoms with Crippen LogP contribution in [-0.2, 0) is 4.74 Å². The molecule has 2 aromatic heterocycles. The highest BCUT2D eigenvalue weighted by atomic mass is 79.9. The summed E-state index contributed by atoms with van der Waals surface area (Å²) in [4.78, 5) is 20.8. The van der Waals surface area contributed by atoms with Gasteiger partial charge in [-0.1, -0.05) is 6.07 Å². The van der Waals surface area contributed by atoms with Crippen LogP contribution >= 0.6 is 15.9 Å². The Morgan fingerprint density at radius 3 is 2.58 bits per heavy atom. The molecule has 2 aliphatic rings. The summed E-state index contributed by atoms with van der Waals surface area (Å²) in [6.07, 6.45) is 6.46. The molecular weight excluding hydrogens is 458 g/mol. The minimum atomic E-state index is -0.463. The number of carbonyl (C=O) groups excluding carboxylic acids is 1. The Balaban J connectivity index is 1.41. The van der Waals surface area contributed by atoms with Crippen molar-refractivity contribution in [1.82, 2.24) is 19.7 Å². The first-order valence-corrected chi connectivity index (χ1v) is 11.9. The Morgan fingerprint density at radius 2 is 1.94 bits per heavy atom. The van der Waals surface area contributed by atoms with Crippen LogP contribution in [0.25, 0.3) is 0 Å². The van der Waals surface area contributed by atoms with Gasteiger partial charge in [0.15, 0.2) is 5.82 Å². The molecule has 168 valence electrons. The zero-order valence-electron chi connectivity index (χ0n) is 18.8. The first kappa shape index (κ1) is 22.1. The van der Waals surface area contributed by atoms with E-state index in [-0.39, 0.29) is 6.09 Å². The number of pyridine rings is 1. The molecular formula is C23H32BrN5O2. The van der Waals surface area contributed by atoms with Crippen molar-refractivity contribution in [3.8, 4) is 0 Å². The highest BCUT2D eigenvalue weighted by Gasteiger charge is 2.32. The molecule has 2 aliphatic heterocycles. The van der Waals surface area contributed by atoms with Gasteiger partial charge in [-0.05, 0) is 74.5 Å². The maximum absolute atomic E-state index is 12.4. The van der Waals surface area contributed by atoms with Crippen LogP contribution in [0.1, 0.15) is 63.3 Å². The number of piperidine rings is 1. The van der Waals surface area contributed by atoms with Crippen molar-refractivity contribution < 1.29 is 9.53 Å². The van der Waals surface area contributed by atoms with E-state index in [9.17, 15) is 4.79 Å². The molecule has 0 aromatic carbocycles. The fraction of sp³-hybridized carbons (Fsp3) is 0.609. The summed E-state index contributed by atoms with van der Waals surface area (Å²) in [6, 6.07) is 4.47. The van der Waals surface area contributed by atoms with Crippen LogP contribution in [0.15, 0.2) is 29.0 Å². The molecule has 0 N–H and O–H groups in total. The van der Waals surface area contributed by atoms with Crippen molar-refractivity contribution in [2.45, 2.75) is 64.5 Å². The molecule has 0 saturated carbocycles. The molecule has 1 atom stereocenters. The lowest BCUT2D eigenvalue weighted by molar-refractivity contribution is 0.0184. The molecule has 4 heterocycles. The van der Waals surface area contributed by atoms with Gasteiger partial charge in [-0.2, -0.15) is 5.10 Å². The van der Waals surface area contributed by atoms with Gasteiger partial charge >= 0.3 is 6.09 Å². The lowest BCUT2D eigenvalue weighted by atomic mass is 10.0. The Morgan fingerprint density at radius 1 is 1.19 bits per heavy atom. The standard InChI is InChI=1S/C23H32BrN5O2/c1-16-20(24)21(28-11-7-18(15-28)17-6-5-10-25-14-17)26-29(16)19-8-12-27(13-9-19)22(30)31-23(2,3)4/h5-6,10,14,18-19H,7-9,11-13,15H2,1-4H3. The SMILES string of the molecule is Cc1c(Br)c(N2CCC(c3cccnc3)C2)nn1C1CCN(C(=O)OC(C)(C)C)CC1.